The molecule has 0 saturated carbocycles. The largest absolute Gasteiger partial charge is 0.337 e. The maximum atomic E-state index is 13.1. The van der Waals surface area contributed by atoms with Gasteiger partial charge in [0, 0.05) is 18.5 Å². The lowest BCUT2D eigenvalue weighted by Crippen LogP contribution is -2.36. The Labute approximate surface area is 142 Å². The molecule has 1 aromatic heterocycles. The summed E-state index contributed by atoms with van der Waals surface area (Å²) in [5, 5.41) is 5.67. The third-order valence-electron chi connectivity index (χ3n) is 4.66. The molecular formula is C19H25N3O2. The molecule has 0 N–H and O–H groups in total. The maximum absolute atomic E-state index is 13.1. The van der Waals surface area contributed by atoms with Gasteiger partial charge < -0.3 is 4.90 Å². The molecule has 128 valence electrons. The molecule has 0 atom stereocenters. The van der Waals surface area contributed by atoms with Crippen molar-refractivity contribution >= 4 is 16.7 Å². The summed E-state index contributed by atoms with van der Waals surface area (Å²) in [5.74, 6) is -0.0532. The van der Waals surface area contributed by atoms with Crippen LogP contribution < -0.4 is 5.56 Å². The van der Waals surface area contributed by atoms with Crippen LogP contribution in [0.3, 0.4) is 0 Å². The standard InChI is InChI=1S/C19H25N3O2/c1-14(2)22-18(23)16-11-7-6-10-15(16)17(20-22)19(24)21-12-8-4-3-5-9-13-21/h6-7,10-11,14H,3-5,8-9,12-13H2,1-2H3. The minimum Gasteiger partial charge on any atom is -0.337 e. The third-order valence-corrected chi connectivity index (χ3v) is 4.66. The number of amides is 1. The summed E-state index contributed by atoms with van der Waals surface area (Å²) in [6.45, 7) is 5.37. The molecular weight excluding hydrogens is 302 g/mol. The second-order valence-electron chi connectivity index (χ2n) is 6.80. The number of carbonyl (C=O) groups is 1. The van der Waals surface area contributed by atoms with Gasteiger partial charge in [-0.25, -0.2) is 4.68 Å². The van der Waals surface area contributed by atoms with E-state index in [-0.39, 0.29) is 17.5 Å². The van der Waals surface area contributed by atoms with Crippen LogP contribution in [0.25, 0.3) is 10.8 Å². The van der Waals surface area contributed by atoms with Crippen LogP contribution in [0.5, 0.6) is 0 Å². The Morgan fingerprint density at radius 1 is 1.00 bits per heavy atom. The average Bonchev–Trinajstić information content (AvgIpc) is 2.54. The molecule has 1 aliphatic heterocycles. The normalized spacial score (nSPS) is 16.2. The molecule has 0 aliphatic carbocycles. The smallest absolute Gasteiger partial charge is 0.274 e. The molecule has 1 fully saturated rings. The number of nitrogens with zero attached hydrogens (tertiary/aromatic N) is 3. The van der Waals surface area contributed by atoms with E-state index in [0.717, 1.165) is 25.9 Å². The van der Waals surface area contributed by atoms with E-state index >= 15 is 0 Å². The van der Waals surface area contributed by atoms with Crippen LogP contribution in [0.1, 0.15) is 62.5 Å². The highest BCUT2D eigenvalue weighted by atomic mass is 16.2. The molecule has 1 aromatic carbocycles. The number of aromatic nitrogens is 2. The number of carbonyl (C=O) groups excluding carboxylic acids is 1. The van der Waals surface area contributed by atoms with E-state index in [1.165, 1.54) is 23.9 Å². The topological polar surface area (TPSA) is 55.2 Å². The summed E-state index contributed by atoms with van der Waals surface area (Å²) < 4.78 is 1.43. The Bertz CT molecular complexity index is 787. The van der Waals surface area contributed by atoms with Crippen LogP contribution in [-0.4, -0.2) is 33.7 Å². The predicted octanol–water partition coefficient (Wildman–Crippen LogP) is 3.38. The minimum atomic E-state index is -0.134. The molecule has 0 spiro atoms. The van der Waals surface area contributed by atoms with Crippen LogP contribution >= 0.6 is 0 Å². The fraction of sp³-hybridized carbons (Fsp3) is 0.526. The van der Waals surface area contributed by atoms with Crippen LogP contribution in [0.4, 0.5) is 0 Å². The highest BCUT2D eigenvalue weighted by Gasteiger charge is 2.23. The zero-order valence-electron chi connectivity index (χ0n) is 14.5. The molecule has 0 radical (unpaired) electrons. The van der Waals surface area contributed by atoms with Gasteiger partial charge >= 0.3 is 0 Å². The van der Waals surface area contributed by atoms with Crippen LogP contribution in [0.2, 0.25) is 0 Å². The SMILES string of the molecule is CC(C)n1nc(C(=O)N2CCCCCCC2)c2ccccc2c1=O. The summed E-state index contributed by atoms with van der Waals surface area (Å²) in [4.78, 5) is 27.6. The Morgan fingerprint density at radius 3 is 2.21 bits per heavy atom. The van der Waals surface area contributed by atoms with E-state index in [1.54, 1.807) is 6.07 Å². The summed E-state index contributed by atoms with van der Waals surface area (Å²) >= 11 is 0. The lowest BCUT2D eigenvalue weighted by molar-refractivity contribution is 0.0735. The van der Waals surface area contributed by atoms with Gasteiger partial charge in [-0.05, 0) is 32.8 Å². The first-order valence-electron chi connectivity index (χ1n) is 8.90. The summed E-state index contributed by atoms with van der Waals surface area (Å²) in [6.07, 6.45) is 5.66. The summed E-state index contributed by atoms with van der Waals surface area (Å²) in [5.41, 5.74) is 0.268. The van der Waals surface area contributed by atoms with E-state index in [2.05, 4.69) is 5.10 Å². The van der Waals surface area contributed by atoms with Gasteiger partial charge in [0.15, 0.2) is 5.69 Å². The first kappa shape index (κ1) is 16.7. The van der Waals surface area contributed by atoms with Gasteiger partial charge in [0.25, 0.3) is 11.5 Å². The first-order valence-corrected chi connectivity index (χ1v) is 8.90. The third kappa shape index (κ3) is 3.21. The van der Waals surface area contributed by atoms with Crippen molar-refractivity contribution in [3.05, 3.63) is 40.3 Å². The monoisotopic (exact) mass is 327 g/mol. The molecule has 3 rings (SSSR count). The predicted molar refractivity (Wildman–Crippen MR) is 95.4 cm³/mol. The van der Waals surface area contributed by atoms with Gasteiger partial charge in [0.2, 0.25) is 0 Å². The molecule has 1 amide bonds. The van der Waals surface area contributed by atoms with Crippen molar-refractivity contribution < 1.29 is 4.79 Å². The van der Waals surface area contributed by atoms with E-state index in [9.17, 15) is 9.59 Å². The highest BCUT2D eigenvalue weighted by molar-refractivity contribution is 6.04. The Balaban J connectivity index is 2.08. The fourth-order valence-electron chi connectivity index (χ4n) is 3.31. The van der Waals surface area contributed by atoms with Crippen LogP contribution in [-0.2, 0) is 0 Å². The molecule has 1 aliphatic rings. The van der Waals surface area contributed by atoms with Crippen molar-refractivity contribution in [3.63, 3.8) is 0 Å². The van der Waals surface area contributed by atoms with E-state index in [4.69, 9.17) is 0 Å². The van der Waals surface area contributed by atoms with E-state index < -0.39 is 0 Å². The Hall–Kier alpha value is -2.17. The van der Waals surface area contributed by atoms with Gasteiger partial charge in [-0.2, -0.15) is 5.10 Å². The van der Waals surface area contributed by atoms with Crippen LogP contribution in [0.15, 0.2) is 29.1 Å². The van der Waals surface area contributed by atoms with Crippen molar-refractivity contribution in [1.82, 2.24) is 14.7 Å². The van der Waals surface area contributed by atoms with Crippen molar-refractivity contribution in [1.29, 1.82) is 0 Å². The minimum absolute atomic E-state index is 0.0532. The number of likely N-dealkylation sites (tertiary alicyclic amines) is 1. The van der Waals surface area contributed by atoms with E-state index in [1.807, 2.05) is 36.9 Å². The first-order chi connectivity index (χ1) is 11.6. The number of hydrogen-bond donors (Lipinski definition) is 0. The average molecular weight is 327 g/mol. The lowest BCUT2D eigenvalue weighted by atomic mass is 10.1. The lowest BCUT2D eigenvalue weighted by Gasteiger charge is -2.25. The zero-order chi connectivity index (χ0) is 17.1. The van der Waals surface area contributed by atoms with Gasteiger partial charge in [0.1, 0.15) is 0 Å². The van der Waals surface area contributed by atoms with Gasteiger partial charge in [-0.3, -0.25) is 9.59 Å². The Kier molecular flexibility index (Phi) is 4.97. The van der Waals surface area contributed by atoms with Gasteiger partial charge in [-0.1, -0.05) is 37.5 Å². The molecule has 1 saturated heterocycles. The van der Waals surface area contributed by atoms with Crippen molar-refractivity contribution in [3.8, 4) is 0 Å². The summed E-state index contributed by atoms with van der Waals surface area (Å²) in [6, 6.07) is 7.21. The highest BCUT2D eigenvalue weighted by Crippen LogP contribution is 2.18. The van der Waals surface area contributed by atoms with Crippen molar-refractivity contribution in [2.24, 2.45) is 0 Å². The molecule has 5 heteroatoms. The van der Waals surface area contributed by atoms with E-state index in [0.29, 0.717) is 16.5 Å². The molecule has 0 bridgehead atoms. The van der Waals surface area contributed by atoms with Crippen molar-refractivity contribution in [2.45, 2.75) is 52.0 Å². The zero-order valence-corrected chi connectivity index (χ0v) is 14.5. The van der Waals surface area contributed by atoms with Crippen LogP contribution in [0, 0.1) is 0 Å². The van der Waals surface area contributed by atoms with Gasteiger partial charge in [-0.15, -0.1) is 0 Å². The number of fused-ring (bicyclic) bond motifs is 1. The molecule has 5 nitrogen and oxygen atoms in total. The van der Waals surface area contributed by atoms with Gasteiger partial charge in [0.05, 0.1) is 11.4 Å². The Morgan fingerprint density at radius 2 is 1.58 bits per heavy atom. The quantitative estimate of drug-likeness (QED) is 0.849. The molecule has 0 unspecified atom stereocenters. The number of rotatable bonds is 2. The number of hydrogen-bond acceptors (Lipinski definition) is 3. The molecule has 2 heterocycles. The molecule has 2 aromatic rings. The molecule has 24 heavy (non-hydrogen) atoms. The second-order valence-corrected chi connectivity index (χ2v) is 6.80. The maximum Gasteiger partial charge on any atom is 0.274 e. The van der Waals surface area contributed by atoms with Crippen molar-refractivity contribution in [2.75, 3.05) is 13.1 Å². The number of benzene rings is 1. The second kappa shape index (κ2) is 7.16. The summed E-state index contributed by atoms with van der Waals surface area (Å²) in [7, 11) is 0. The fourth-order valence-corrected chi connectivity index (χ4v) is 3.31.